The summed E-state index contributed by atoms with van der Waals surface area (Å²) in [5, 5.41) is 0.890. The molecule has 1 heterocycles. The first-order valence-electron chi connectivity index (χ1n) is 6.60. The van der Waals surface area contributed by atoms with E-state index in [0.29, 0.717) is 11.2 Å². The van der Waals surface area contributed by atoms with E-state index in [1.54, 1.807) is 36.4 Å². The minimum Gasteiger partial charge on any atom is -0.277 e. The van der Waals surface area contributed by atoms with Gasteiger partial charge in [-0.3, -0.25) is 9.71 Å². The highest BCUT2D eigenvalue weighted by molar-refractivity contribution is 9.10. The topological polar surface area (TPSA) is 59.1 Å². The predicted molar refractivity (Wildman–Crippen MR) is 91.4 cm³/mol. The first kappa shape index (κ1) is 15.0. The van der Waals surface area contributed by atoms with Crippen molar-refractivity contribution >= 4 is 42.5 Å². The number of anilines is 1. The van der Waals surface area contributed by atoms with Gasteiger partial charge in [0.2, 0.25) is 0 Å². The number of fused-ring (bicyclic) bond motifs is 1. The van der Waals surface area contributed by atoms with Crippen LogP contribution in [0.2, 0.25) is 0 Å². The molecule has 0 unspecified atom stereocenters. The van der Waals surface area contributed by atoms with E-state index >= 15 is 0 Å². The van der Waals surface area contributed by atoms with Crippen molar-refractivity contribution in [3.63, 3.8) is 0 Å². The Kier molecular flexibility index (Phi) is 3.88. The van der Waals surface area contributed by atoms with Crippen molar-refractivity contribution < 1.29 is 8.42 Å². The first-order chi connectivity index (χ1) is 10.5. The van der Waals surface area contributed by atoms with Gasteiger partial charge in [0.25, 0.3) is 10.0 Å². The smallest absolute Gasteiger partial charge is 0.261 e. The lowest BCUT2D eigenvalue weighted by Gasteiger charge is -2.10. The number of sulfonamides is 1. The average Bonchev–Trinajstić information content (AvgIpc) is 2.48. The second kappa shape index (κ2) is 5.70. The fourth-order valence-corrected chi connectivity index (χ4v) is 3.48. The van der Waals surface area contributed by atoms with Crippen LogP contribution in [0.4, 0.5) is 5.69 Å². The highest BCUT2D eigenvalue weighted by Crippen LogP contribution is 2.25. The van der Waals surface area contributed by atoms with Gasteiger partial charge in [0.05, 0.1) is 16.1 Å². The van der Waals surface area contributed by atoms with Gasteiger partial charge in [-0.15, -0.1) is 0 Å². The maximum Gasteiger partial charge on any atom is 0.261 e. The number of hydrogen-bond acceptors (Lipinski definition) is 3. The minimum atomic E-state index is -3.65. The Labute approximate surface area is 137 Å². The fourth-order valence-electron chi connectivity index (χ4n) is 2.14. The van der Waals surface area contributed by atoms with Crippen LogP contribution in [0.3, 0.4) is 0 Å². The molecule has 0 spiro atoms. The normalized spacial score (nSPS) is 11.5. The molecule has 6 heteroatoms. The number of benzene rings is 2. The summed E-state index contributed by atoms with van der Waals surface area (Å²) in [5.41, 5.74) is 1.95. The number of halogens is 1. The van der Waals surface area contributed by atoms with Crippen molar-refractivity contribution in [3.05, 3.63) is 64.8 Å². The van der Waals surface area contributed by atoms with E-state index in [4.69, 9.17) is 0 Å². The van der Waals surface area contributed by atoms with E-state index in [1.165, 1.54) is 0 Å². The lowest BCUT2D eigenvalue weighted by atomic mass is 10.2. The summed E-state index contributed by atoms with van der Waals surface area (Å²) in [4.78, 5) is 4.64. The summed E-state index contributed by atoms with van der Waals surface area (Å²) < 4.78 is 28.4. The van der Waals surface area contributed by atoms with Crippen LogP contribution >= 0.6 is 15.9 Å². The van der Waals surface area contributed by atoms with Crippen molar-refractivity contribution in [1.82, 2.24) is 4.98 Å². The van der Waals surface area contributed by atoms with Crippen LogP contribution in [0.1, 0.15) is 5.69 Å². The van der Waals surface area contributed by atoms with E-state index in [-0.39, 0.29) is 4.90 Å². The molecule has 3 aromatic rings. The molecule has 0 saturated heterocycles. The molecule has 0 aliphatic heterocycles. The van der Waals surface area contributed by atoms with Crippen LogP contribution in [-0.4, -0.2) is 13.4 Å². The SMILES string of the molecule is Cc1ccc2cccc(NS(=O)(=O)c3ccc(Br)cc3)c2n1. The van der Waals surface area contributed by atoms with Crippen LogP contribution < -0.4 is 4.72 Å². The third-order valence-corrected chi connectivity index (χ3v) is 5.14. The molecule has 0 amide bonds. The van der Waals surface area contributed by atoms with Crippen molar-refractivity contribution in [3.8, 4) is 0 Å². The Balaban J connectivity index is 2.06. The lowest BCUT2D eigenvalue weighted by Crippen LogP contribution is -2.13. The number of para-hydroxylation sites is 1. The summed E-state index contributed by atoms with van der Waals surface area (Å²) in [5.74, 6) is 0. The summed E-state index contributed by atoms with van der Waals surface area (Å²) in [6.45, 7) is 1.87. The average molecular weight is 377 g/mol. The quantitative estimate of drug-likeness (QED) is 0.748. The molecule has 0 radical (unpaired) electrons. The molecule has 0 aliphatic carbocycles. The zero-order valence-electron chi connectivity index (χ0n) is 11.7. The molecule has 0 aliphatic rings. The molecule has 22 heavy (non-hydrogen) atoms. The summed E-state index contributed by atoms with van der Waals surface area (Å²) in [7, 11) is -3.65. The monoisotopic (exact) mass is 376 g/mol. The Morgan fingerprint density at radius 2 is 1.73 bits per heavy atom. The largest absolute Gasteiger partial charge is 0.277 e. The number of aryl methyl sites for hydroxylation is 1. The molecular weight excluding hydrogens is 364 g/mol. The number of rotatable bonds is 3. The van der Waals surface area contributed by atoms with Crippen molar-refractivity contribution in [2.45, 2.75) is 11.8 Å². The Morgan fingerprint density at radius 1 is 1.00 bits per heavy atom. The molecule has 1 N–H and O–H groups in total. The fraction of sp³-hybridized carbons (Fsp3) is 0.0625. The van der Waals surface area contributed by atoms with Gasteiger partial charge in [-0.05, 0) is 43.3 Å². The van der Waals surface area contributed by atoms with Gasteiger partial charge >= 0.3 is 0 Å². The van der Waals surface area contributed by atoms with E-state index < -0.39 is 10.0 Å². The van der Waals surface area contributed by atoms with Crippen LogP contribution in [0.25, 0.3) is 10.9 Å². The second-order valence-electron chi connectivity index (χ2n) is 4.89. The van der Waals surface area contributed by atoms with Crippen LogP contribution in [0, 0.1) is 6.92 Å². The Hall–Kier alpha value is -1.92. The minimum absolute atomic E-state index is 0.209. The third kappa shape index (κ3) is 2.98. The number of hydrogen-bond donors (Lipinski definition) is 1. The molecule has 0 saturated carbocycles. The number of nitrogens with one attached hydrogen (secondary N) is 1. The number of pyridine rings is 1. The maximum absolute atomic E-state index is 12.5. The summed E-state index contributed by atoms with van der Waals surface area (Å²) in [6.07, 6.45) is 0. The van der Waals surface area contributed by atoms with Gasteiger partial charge in [0, 0.05) is 15.6 Å². The van der Waals surface area contributed by atoms with Crippen LogP contribution in [0.15, 0.2) is 64.0 Å². The molecule has 2 aromatic carbocycles. The number of nitrogens with zero attached hydrogens (tertiary/aromatic N) is 1. The maximum atomic E-state index is 12.5. The van der Waals surface area contributed by atoms with Gasteiger partial charge < -0.3 is 0 Å². The lowest BCUT2D eigenvalue weighted by molar-refractivity contribution is 0.601. The Bertz CT molecular complexity index is 938. The van der Waals surface area contributed by atoms with Gasteiger partial charge in [-0.1, -0.05) is 34.1 Å². The zero-order valence-corrected chi connectivity index (χ0v) is 14.1. The van der Waals surface area contributed by atoms with E-state index in [9.17, 15) is 8.42 Å². The van der Waals surface area contributed by atoms with Crippen molar-refractivity contribution in [2.75, 3.05) is 4.72 Å². The summed E-state index contributed by atoms with van der Waals surface area (Å²) in [6, 6.07) is 15.7. The van der Waals surface area contributed by atoms with Gasteiger partial charge in [-0.2, -0.15) is 0 Å². The summed E-state index contributed by atoms with van der Waals surface area (Å²) >= 11 is 3.29. The molecule has 0 bridgehead atoms. The molecule has 4 nitrogen and oxygen atoms in total. The van der Waals surface area contributed by atoms with Crippen molar-refractivity contribution in [2.24, 2.45) is 0 Å². The molecule has 0 fully saturated rings. The van der Waals surface area contributed by atoms with Gasteiger partial charge in [-0.25, -0.2) is 8.42 Å². The molecular formula is C16H13BrN2O2S. The Morgan fingerprint density at radius 3 is 2.45 bits per heavy atom. The van der Waals surface area contributed by atoms with E-state index in [0.717, 1.165) is 15.6 Å². The third-order valence-electron chi connectivity index (χ3n) is 3.23. The van der Waals surface area contributed by atoms with E-state index in [2.05, 4.69) is 25.6 Å². The van der Waals surface area contributed by atoms with Crippen molar-refractivity contribution in [1.29, 1.82) is 0 Å². The van der Waals surface area contributed by atoms with Crippen LogP contribution in [-0.2, 0) is 10.0 Å². The highest BCUT2D eigenvalue weighted by Gasteiger charge is 2.15. The highest BCUT2D eigenvalue weighted by atomic mass is 79.9. The zero-order chi connectivity index (χ0) is 15.7. The van der Waals surface area contributed by atoms with E-state index in [1.807, 2.05) is 25.1 Å². The predicted octanol–water partition coefficient (Wildman–Crippen LogP) is 4.11. The van der Waals surface area contributed by atoms with Crippen LogP contribution in [0.5, 0.6) is 0 Å². The standard InChI is InChI=1S/C16H13BrN2O2S/c1-11-5-6-12-3-2-4-15(16(12)18-11)19-22(20,21)14-9-7-13(17)8-10-14/h2-10,19H,1H3. The van der Waals surface area contributed by atoms with Gasteiger partial charge in [0.1, 0.15) is 0 Å². The first-order valence-corrected chi connectivity index (χ1v) is 8.88. The van der Waals surface area contributed by atoms with Gasteiger partial charge in [0.15, 0.2) is 0 Å². The second-order valence-corrected chi connectivity index (χ2v) is 7.49. The molecule has 1 aromatic heterocycles. The number of aromatic nitrogens is 1. The molecule has 112 valence electrons. The molecule has 3 rings (SSSR count). The molecule has 0 atom stereocenters.